The van der Waals surface area contributed by atoms with E-state index in [4.69, 9.17) is 14.9 Å². The van der Waals surface area contributed by atoms with Gasteiger partial charge in [-0.05, 0) is 34.6 Å². The van der Waals surface area contributed by atoms with Crippen LogP contribution in [0, 0.1) is 0 Å². The van der Waals surface area contributed by atoms with E-state index in [0.717, 1.165) is 0 Å². The van der Waals surface area contributed by atoms with Crippen LogP contribution in [0.2, 0.25) is 0 Å². The van der Waals surface area contributed by atoms with Crippen LogP contribution >= 0.6 is 0 Å². The molecule has 0 saturated heterocycles. The molecular weight excluding hydrogens is 380 g/mol. The Hall–Kier alpha value is -4.48. The first-order chi connectivity index (χ1) is 14.2. The summed E-state index contributed by atoms with van der Waals surface area (Å²) in [4.78, 5) is 12.7. The van der Waals surface area contributed by atoms with Crippen molar-refractivity contribution in [2.24, 2.45) is 5.10 Å². The molecule has 0 aliphatic rings. The summed E-state index contributed by atoms with van der Waals surface area (Å²) in [6.45, 7) is 0. The van der Waals surface area contributed by atoms with Crippen LogP contribution in [0.5, 0.6) is 5.75 Å². The average Bonchev–Trinajstić information content (AvgIpc) is 3.48. The number of furan rings is 1. The minimum Gasteiger partial charge on any atom is -0.497 e. The van der Waals surface area contributed by atoms with Gasteiger partial charge in [0.15, 0.2) is 5.69 Å². The number of nitrogens with zero attached hydrogens (tertiary/aromatic N) is 6. The van der Waals surface area contributed by atoms with E-state index in [1.165, 1.54) is 24.3 Å². The van der Waals surface area contributed by atoms with Crippen molar-refractivity contribution in [2.45, 2.75) is 0 Å². The number of aromatic nitrogens is 5. The van der Waals surface area contributed by atoms with E-state index in [2.05, 4.69) is 35.8 Å². The summed E-state index contributed by atoms with van der Waals surface area (Å²) in [6.07, 6.45) is 2.85. The molecule has 0 aliphatic carbocycles. The Morgan fingerprint density at radius 3 is 2.93 bits per heavy atom. The average molecular weight is 394 g/mol. The second kappa shape index (κ2) is 7.64. The highest BCUT2D eigenvalue weighted by Crippen LogP contribution is 2.28. The number of benzene rings is 1. The van der Waals surface area contributed by atoms with Crippen LogP contribution in [-0.4, -0.2) is 44.5 Å². The molecule has 0 spiro atoms. The number of hydrogen-bond donors (Lipinski definition) is 2. The Bertz CT molecular complexity index is 1160. The van der Waals surface area contributed by atoms with E-state index in [0.29, 0.717) is 22.8 Å². The number of anilines is 1. The van der Waals surface area contributed by atoms with Gasteiger partial charge in [0.25, 0.3) is 5.91 Å². The maximum absolute atomic E-state index is 12.7. The first-order valence-corrected chi connectivity index (χ1v) is 8.23. The lowest BCUT2D eigenvalue weighted by Gasteiger charge is -2.07. The topological polar surface area (TPSA) is 159 Å². The molecule has 146 valence electrons. The maximum Gasteiger partial charge on any atom is 0.294 e. The van der Waals surface area contributed by atoms with Gasteiger partial charge in [-0.2, -0.15) is 9.78 Å². The smallest absolute Gasteiger partial charge is 0.294 e. The zero-order valence-electron chi connectivity index (χ0n) is 15.0. The van der Waals surface area contributed by atoms with Crippen LogP contribution in [0.3, 0.4) is 0 Å². The summed E-state index contributed by atoms with van der Waals surface area (Å²) in [5.74, 6) is 0.523. The minimum atomic E-state index is -0.605. The van der Waals surface area contributed by atoms with Gasteiger partial charge in [-0.1, -0.05) is 17.3 Å². The van der Waals surface area contributed by atoms with Crippen molar-refractivity contribution in [3.63, 3.8) is 0 Å². The molecule has 29 heavy (non-hydrogen) atoms. The van der Waals surface area contributed by atoms with Gasteiger partial charge in [0.05, 0.1) is 19.6 Å². The van der Waals surface area contributed by atoms with Crippen molar-refractivity contribution in [3.8, 4) is 22.8 Å². The van der Waals surface area contributed by atoms with Crippen LogP contribution in [0.4, 0.5) is 5.82 Å². The molecule has 3 N–H and O–H groups in total. The van der Waals surface area contributed by atoms with Gasteiger partial charge in [-0.3, -0.25) is 4.79 Å². The van der Waals surface area contributed by atoms with Crippen LogP contribution in [0.1, 0.15) is 16.2 Å². The molecule has 0 atom stereocenters. The number of carbonyl (C=O) groups is 1. The molecule has 0 saturated carbocycles. The second-order valence-corrected chi connectivity index (χ2v) is 5.62. The Kier molecular flexibility index (Phi) is 4.72. The Labute approximate surface area is 162 Å². The van der Waals surface area contributed by atoms with Crippen molar-refractivity contribution in [1.82, 2.24) is 30.7 Å². The van der Waals surface area contributed by atoms with E-state index in [9.17, 15) is 4.79 Å². The highest BCUT2D eigenvalue weighted by Gasteiger charge is 2.25. The van der Waals surface area contributed by atoms with Crippen LogP contribution in [0.15, 0.2) is 56.8 Å². The summed E-state index contributed by atoms with van der Waals surface area (Å²) in [5, 5.41) is 19.1. The number of methoxy groups -OCH3 is 1. The van der Waals surface area contributed by atoms with Gasteiger partial charge in [-0.15, -0.1) is 5.10 Å². The lowest BCUT2D eigenvalue weighted by molar-refractivity contribution is 0.0950. The van der Waals surface area contributed by atoms with E-state index in [1.54, 1.807) is 36.4 Å². The number of rotatable bonds is 6. The third-order valence-corrected chi connectivity index (χ3v) is 3.83. The van der Waals surface area contributed by atoms with Crippen LogP contribution in [-0.2, 0) is 0 Å². The molecule has 12 nitrogen and oxygen atoms in total. The number of hydrogen-bond acceptors (Lipinski definition) is 10. The third kappa shape index (κ3) is 3.53. The molecule has 4 rings (SSSR count). The highest BCUT2D eigenvalue weighted by molar-refractivity contribution is 5.98. The number of amides is 1. The first kappa shape index (κ1) is 17.9. The van der Waals surface area contributed by atoms with Crippen molar-refractivity contribution in [3.05, 3.63) is 54.1 Å². The third-order valence-electron chi connectivity index (χ3n) is 3.83. The summed E-state index contributed by atoms with van der Waals surface area (Å²) in [5.41, 5.74) is 9.03. The van der Waals surface area contributed by atoms with E-state index in [-0.39, 0.29) is 17.3 Å². The lowest BCUT2D eigenvalue weighted by atomic mass is 10.1. The predicted molar refractivity (Wildman–Crippen MR) is 99.4 cm³/mol. The number of carbonyl (C=O) groups excluding carboxylic acids is 1. The summed E-state index contributed by atoms with van der Waals surface area (Å²) >= 11 is 0. The molecule has 1 aromatic carbocycles. The van der Waals surface area contributed by atoms with Gasteiger partial charge < -0.3 is 14.9 Å². The summed E-state index contributed by atoms with van der Waals surface area (Å²) in [7, 11) is 1.53. The number of hydrazone groups is 1. The molecule has 0 unspecified atom stereocenters. The number of nitrogen functional groups attached to an aromatic ring is 1. The SMILES string of the molecule is COc1cccc(-c2c(C(=O)NN=Cc3ccco3)nnn2-c2nonc2N)c1. The first-order valence-electron chi connectivity index (χ1n) is 8.23. The van der Waals surface area contributed by atoms with Crippen LogP contribution < -0.4 is 15.9 Å². The molecule has 0 aliphatic heterocycles. The largest absolute Gasteiger partial charge is 0.497 e. The van der Waals surface area contributed by atoms with E-state index >= 15 is 0 Å². The van der Waals surface area contributed by atoms with Crippen LogP contribution in [0.25, 0.3) is 17.1 Å². The van der Waals surface area contributed by atoms with Gasteiger partial charge in [0.1, 0.15) is 17.2 Å². The predicted octanol–water partition coefficient (Wildman–Crippen LogP) is 1.26. The van der Waals surface area contributed by atoms with Gasteiger partial charge in [-0.25, -0.2) is 10.1 Å². The van der Waals surface area contributed by atoms with E-state index in [1.807, 2.05) is 0 Å². The quantitative estimate of drug-likeness (QED) is 0.362. The zero-order valence-corrected chi connectivity index (χ0v) is 15.0. The molecule has 4 aromatic rings. The molecule has 3 aromatic heterocycles. The van der Waals surface area contributed by atoms with E-state index < -0.39 is 5.91 Å². The zero-order chi connectivity index (χ0) is 20.2. The van der Waals surface area contributed by atoms with Gasteiger partial charge in [0, 0.05) is 5.56 Å². The monoisotopic (exact) mass is 394 g/mol. The molecule has 3 heterocycles. The normalized spacial score (nSPS) is 11.1. The Morgan fingerprint density at radius 2 is 2.21 bits per heavy atom. The second-order valence-electron chi connectivity index (χ2n) is 5.62. The summed E-state index contributed by atoms with van der Waals surface area (Å²) < 4.78 is 16.3. The lowest BCUT2D eigenvalue weighted by Crippen LogP contribution is -2.19. The van der Waals surface area contributed by atoms with Crippen molar-refractivity contribution in [2.75, 3.05) is 12.8 Å². The number of nitrogens with two attached hydrogens (primary N) is 1. The number of nitrogens with one attached hydrogen (secondary N) is 1. The Morgan fingerprint density at radius 1 is 1.31 bits per heavy atom. The Balaban J connectivity index is 1.74. The maximum atomic E-state index is 12.7. The van der Waals surface area contributed by atoms with Crippen molar-refractivity contribution >= 4 is 17.9 Å². The number of ether oxygens (including phenoxy) is 1. The molecule has 0 bridgehead atoms. The standard InChI is InChI=1S/C17H14N8O4/c1-27-11-5-2-4-10(8-11)14-13(17(26)21-19-9-12-6-3-7-28-12)20-24-25(14)16-15(18)22-29-23-16/h2-9H,1H3,(H2,18,22)(H,21,26). The van der Waals surface area contributed by atoms with Gasteiger partial charge in [0.2, 0.25) is 11.6 Å². The highest BCUT2D eigenvalue weighted by atomic mass is 16.6. The fourth-order valence-electron chi connectivity index (χ4n) is 2.52. The molecular formula is C17H14N8O4. The van der Waals surface area contributed by atoms with Gasteiger partial charge >= 0.3 is 0 Å². The van der Waals surface area contributed by atoms with Crippen molar-refractivity contribution in [1.29, 1.82) is 0 Å². The fourth-order valence-corrected chi connectivity index (χ4v) is 2.52. The molecule has 12 heteroatoms. The summed E-state index contributed by atoms with van der Waals surface area (Å²) in [6, 6.07) is 10.4. The molecule has 0 radical (unpaired) electrons. The fraction of sp³-hybridized carbons (Fsp3) is 0.0588. The minimum absolute atomic E-state index is 0.0122. The van der Waals surface area contributed by atoms with Crippen molar-refractivity contribution < 1.29 is 18.6 Å². The molecule has 1 amide bonds. The molecule has 0 fully saturated rings.